The van der Waals surface area contributed by atoms with Crippen LogP contribution in [-0.2, 0) is 4.79 Å². The van der Waals surface area contributed by atoms with Crippen LogP contribution in [0.5, 0.6) is 0 Å². The first-order chi connectivity index (χ1) is 14.7. The van der Waals surface area contributed by atoms with Crippen LogP contribution < -0.4 is 5.01 Å². The number of carbonyl (C=O) groups is 1. The molecule has 1 aliphatic rings. The first-order valence-electron chi connectivity index (χ1n) is 9.39. The quantitative estimate of drug-likeness (QED) is 0.298. The van der Waals surface area contributed by atoms with Crippen LogP contribution in [0.2, 0.25) is 0 Å². The monoisotopic (exact) mass is 535 g/mol. The maximum Gasteiger partial charge on any atom is 0.435 e. The van der Waals surface area contributed by atoms with Crippen molar-refractivity contribution in [2.75, 3.05) is 5.01 Å². The molecule has 0 atom stereocenters. The summed E-state index contributed by atoms with van der Waals surface area (Å²) in [4.78, 5) is 12.9. The fraction of sp³-hybridized carbons (Fsp3) is 0.130. The SMILES string of the molecule is Cc1cc(/C=C2\C(=O)N(c3ccccc3)N=C2C(F)(F)F)c(C)n1-c1ccc(I)cc1. The summed E-state index contributed by atoms with van der Waals surface area (Å²) in [6, 6.07) is 17.7. The predicted octanol–water partition coefficient (Wildman–Crippen LogP) is 6.05. The number of hydrogen-bond acceptors (Lipinski definition) is 2. The van der Waals surface area contributed by atoms with Crippen LogP contribution in [0, 0.1) is 17.4 Å². The average molecular weight is 535 g/mol. The molecule has 0 saturated heterocycles. The van der Waals surface area contributed by atoms with Crippen LogP contribution in [0.4, 0.5) is 18.9 Å². The van der Waals surface area contributed by atoms with E-state index in [9.17, 15) is 18.0 Å². The Hall–Kier alpha value is -2.88. The van der Waals surface area contributed by atoms with Gasteiger partial charge in [0.1, 0.15) is 0 Å². The van der Waals surface area contributed by atoms with Crippen molar-refractivity contribution in [1.82, 2.24) is 4.57 Å². The molecule has 0 radical (unpaired) electrons. The molecule has 0 N–H and O–H groups in total. The fourth-order valence-corrected chi connectivity index (χ4v) is 3.93. The summed E-state index contributed by atoms with van der Waals surface area (Å²) in [7, 11) is 0. The lowest BCUT2D eigenvalue weighted by atomic mass is 10.1. The smallest absolute Gasteiger partial charge is 0.318 e. The standard InChI is InChI=1S/C23H17F3IN3O/c1-14-12-16(15(2)29(14)18-10-8-17(27)9-11-18)13-20-21(23(24,25)26)28-30(22(20)31)19-6-4-3-5-7-19/h3-13H,1-2H3/b20-13-. The van der Waals surface area contributed by atoms with Gasteiger partial charge < -0.3 is 4.57 Å². The molecule has 0 bridgehead atoms. The van der Waals surface area contributed by atoms with E-state index in [0.717, 1.165) is 25.7 Å². The van der Waals surface area contributed by atoms with Crippen LogP contribution in [0.25, 0.3) is 11.8 Å². The normalized spacial score (nSPS) is 15.7. The Balaban J connectivity index is 1.80. The van der Waals surface area contributed by atoms with Crippen molar-refractivity contribution in [2.24, 2.45) is 5.10 Å². The Labute approximate surface area is 190 Å². The first kappa shape index (κ1) is 21.4. The van der Waals surface area contributed by atoms with Crippen LogP contribution in [-0.4, -0.2) is 22.4 Å². The van der Waals surface area contributed by atoms with Crippen molar-refractivity contribution in [3.63, 3.8) is 0 Å². The molecule has 0 spiro atoms. The maximum absolute atomic E-state index is 13.7. The van der Waals surface area contributed by atoms with Crippen LogP contribution >= 0.6 is 22.6 Å². The number of aryl methyl sites for hydroxylation is 1. The van der Waals surface area contributed by atoms with E-state index < -0.39 is 23.4 Å². The number of aromatic nitrogens is 1. The molecule has 158 valence electrons. The number of halogens is 4. The van der Waals surface area contributed by atoms with Gasteiger partial charge in [0, 0.05) is 20.6 Å². The Morgan fingerprint density at radius 2 is 1.61 bits per heavy atom. The van der Waals surface area contributed by atoms with Crippen molar-refractivity contribution < 1.29 is 18.0 Å². The van der Waals surface area contributed by atoms with Gasteiger partial charge in [-0.1, -0.05) is 18.2 Å². The summed E-state index contributed by atoms with van der Waals surface area (Å²) in [6.07, 6.45) is -3.48. The van der Waals surface area contributed by atoms with Crippen molar-refractivity contribution in [1.29, 1.82) is 0 Å². The van der Waals surface area contributed by atoms with Gasteiger partial charge in [-0.25, -0.2) is 0 Å². The number of anilines is 1. The first-order valence-corrected chi connectivity index (χ1v) is 10.5. The van der Waals surface area contributed by atoms with Crippen LogP contribution in [0.15, 0.2) is 71.3 Å². The molecule has 0 saturated carbocycles. The molecule has 8 heteroatoms. The van der Waals surface area contributed by atoms with Gasteiger partial charge in [-0.05, 0) is 90.5 Å². The molecule has 0 unspecified atom stereocenters. The highest BCUT2D eigenvalue weighted by molar-refractivity contribution is 14.1. The van der Waals surface area contributed by atoms with E-state index in [0.29, 0.717) is 5.56 Å². The number of carbonyl (C=O) groups excluding carboxylic acids is 1. The highest BCUT2D eigenvalue weighted by Gasteiger charge is 2.46. The average Bonchev–Trinajstić information content (AvgIpc) is 3.20. The minimum absolute atomic E-state index is 0.280. The van der Waals surface area contributed by atoms with Crippen molar-refractivity contribution in [3.05, 3.63) is 86.8 Å². The van der Waals surface area contributed by atoms with Gasteiger partial charge in [0.2, 0.25) is 0 Å². The van der Waals surface area contributed by atoms with E-state index >= 15 is 0 Å². The molecule has 4 nitrogen and oxygen atoms in total. The Morgan fingerprint density at radius 1 is 0.968 bits per heavy atom. The summed E-state index contributed by atoms with van der Waals surface area (Å²) < 4.78 is 44.1. The molecular weight excluding hydrogens is 518 g/mol. The second-order valence-electron chi connectivity index (χ2n) is 7.10. The molecule has 1 aliphatic heterocycles. The van der Waals surface area contributed by atoms with Gasteiger partial charge in [0.15, 0.2) is 5.71 Å². The second kappa shape index (κ2) is 7.99. The molecular formula is C23H17F3IN3O. The lowest BCUT2D eigenvalue weighted by Crippen LogP contribution is -2.25. The molecule has 0 fully saturated rings. The molecule has 2 aromatic carbocycles. The maximum atomic E-state index is 13.7. The third-order valence-corrected chi connectivity index (χ3v) is 5.72. The zero-order chi connectivity index (χ0) is 22.3. The zero-order valence-electron chi connectivity index (χ0n) is 16.6. The molecule has 0 aliphatic carbocycles. The fourth-order valence-electron chi connectivity index (χ4n) is 3.58. The van der Waals surface area contributed by atoms with Crippen LogP contribution in [0.3, 0.4) is 0 Å². The van der Waals surface area contributed by atoms with Crippen molar-refractivity contribution in [2.45, 2.75) is 20.0 Å². The zero-order valence-corrected chi connectivity index (χ0v) is 18.8. The lowest BCUT2D eigenvalue weighted by Gasteiger charge is -2.11. The van der Waals surface area contributed by atoms with E-state index in [2.05, 4.69) is 27.7 Å². The predicted molar refractivity (Wildman–Crippen MR) is 123 cm³/mol. The summed E-state index contributed by atoms with van der Waals surface area (Å²) in [5, 5.41) is 4.41. The van der Waals surface area contributed by atoms with Crippen molar-refractivity contribution >= 4 is 46.0 Å². The number of rotatable bonds is 3. The molecule has 2 heterocycles. The summed E-state index contributed by atoms with van der Waals surface area (Å²) in [5.74, 6) is -0.808. The molecule has 31 heavy (non-hydrogen) atoms. The number of para-hydroxylation sites is 1. The largest absolute Gasteiger partial charge is 0.435 e. The number of amides is 1. The number of hydrogen-bond donors (Lipinski definition) is 0. The number of nitrogens with zero attached hydrogens (tertiary/aromatic N) is 3. The number of benzene rings is 2. The topological polar surface area (TPSA) is 37.6 Å². The number of hydrazone groups is 1. The minimum Gasteiger partial charge on any atom is -0.318 e. The summed E-state index contributed by atoms with van der Waals surface area (Å²) in [6.45, 7) is 3.69. The summed E-state index contributed by atoms with van der Waals surface area (Å²) in [5.41, 5.74) is 1.63. The Kier molecular flexibility index (Phi) is 5.50. The van der Waals surface area contributed by atoms with Gasteiger partial charge in [0.25, 0.3) is 5.91 Å². The third-order valence-electron chi connectivity index (χ3n) is 5.00. The lowest BCUT2D eigenvalue weighted by molar-refractivity contribution is -0.114. The van der Waals surface area contributed by atoms with Crippen molar-refractivity contribution in [3.8, 4) is 5.69 Å². The van der Waals surface area contributed by atoms with Gasteiger partial charge in [-0.3, -0.25) is 4.79 Å². The van der Waals surface area contributed by atoms with Gasteiger partial charge >= 0.3 is 6.18 Å². The molecule has 1 aromatic heterocycles. The number of alkyl halides is 3. The summed E-state index contributed by atoms with van der Waals surface area (Å²) >= 11 is 2.21. The Bertz CT molecular complexity index is 1210. The van der Waals surface area contributed by atoms with E-state index in [1.807, 2.05) is 42.7 Å². The van der Waals surface area contributed by atoms with E-state index in [1.54, 1.807) is 36.4 Å². The van der Waals surface area contributed by atoms with Crippen LogP contribution in [0.1, 0.15) is 17.0 Å². The highest BCUT2D eigenvalue weighted by Crippen LogP contribution is 2.33. The second-order valence-corrected chi connectivity index (χ2v) is 8.34. The van der Waals surface area contributed by atoms with E-state index in [4.69, 9.17) is 0 Å². The van der Waals surface area contributed by atoms with E-state index in [1.165, 1.54) is 6.08 Å². The molecule has 3 aromatic rings. The Morgan fingerprint density at radius 3 is 2.23 bits per heavy atom. The van der Waals surface area contributed by atoms with Gasteiger partial charge in [-0.15, -0.1) is 0 Å². The third kappa shape index (κ3) is 4.04. The molecule has 4 rings (SSSR count). The van der Waals surface area contributed by atoms with Gasteiger partial charge in [-0.2, -0.15) is 23.3 Å². The van der Waals surface area contributed by atoms with E-state index in [-0.39, 0.29) is 5.69 Å². The van der Waals surface area contributed by atoms with Gasteiger partial charge in [0.05, 0.1) is 11.3 Å². The molecule has 1 amide bonds. The highest BCUT2D eigenvalue weighted by atomic mass is 127. The minimum atomic E-state index is -4.76.